The van der Waals surface area contributed by atoms with Gasteiger partial charge in [0.05, 0.1) is 6.04 Å². The largest absolute Gasteiger partial charge is 0.364 e. The molecule has 5 heteroatoms. The summed E-state index contributed by atoms with van der Waals surface area (Å²) < 4.78 is 0. The Bertz CT molecular complexity index is 980. The summed E-state index contributed by atoms with van der Waals surface area (Å²) in [6.45, 7) is 3.73. The van der Waals surface area contributed by atoms with Crippen LogP contribution in [0.2, 0.25) is 0 Å². The van der Waals surface area contributed by atoms with Gasteiger partial charge < -0.3 is 9.88 Å². The maximum atomic E-state index is 12.7. The highest BCUT2D eigenvalue weighted by Crippen LogP contribution is 2.25. The average molecular weight is 347 g/mol. The van der Waals surface area contributed by atoms with Gasteiger partial charge in [-0.15, -0.1) is 0 Å². The van der Waals surface area contributed by atoms with Crippen LogP contribution in [0.15, 0.2) is 65.8 Å². The van der Waals surface area contributed by atoms with Crippen molar-refractivity contribution in [3.63, 3.8) is 0 Å². The topological polar surface area (TPSA) is 66.1 Å². The molecular formula is C21H21N3O2. The van der Waals surface area contributed by atoms with E-state index in [9.17, 15) is 9.59 Å². The summed E-state index contributed by atoms with van der Waals surface area (Å²) in [5.74, 6) is -0.298. The van der Waals surface area contributed by atoms with E-state index in [0.29, 0.717) is 0 Å². The van der Waals surface area contributed by atoms with Gasteiger partial charge in [0.2, 0.25) is 0 Å². The third-order valence-corrected chi connectivity index (χ3v) is 4.57. The van der Waals surface area contributed by atoms with Crippen molar-refractivity contribution in [1.82, 2.24) is 14.9 Å². The normalized spacial score (nSPS) is 11.8. The number of amides is 1. The SMILES string of the molecule is Cc1cc(=O)c(C(=O)N(C)[C@@H](C)c2cccc(-c3ccncc3)c2)c[nH]1. The third-order valence-electron chi connectivity index (χ3n) is 4.57. The molecule has 5 nitrogen and oxygen atoms in total. The lowest BCUT2D eigenvalue weighted by molar-refractivity contribution is 0.0741. The third kappa shape index (κ3) is 3.57. The molecule has 0 bridgehead atoms. The van der Waals surface area contributed by atoms with Crippen LogP contribution in [0, 0.1) is 6.92 Å². The van der Waals surface area contributed by atoms with Crippen molar-refractivity contribution in [2.24, 2.45) is 0 Å². The van der Waals surface area contributed by atoms with E-state index in [4.69, 9.17) is 0 Å². The Hall–Kier alpha value is -3.21. The van der Waals surface area contributed by atoms with Gasteiger partial charge in [-0.05, 0) is 48.7 Å². The monoisotopic (exact) mass is 347 g/mol. The van der Waals surface area contributed by atoms with Crippen LogP contribution < -0.4 is 5.43 Å². The van der Waals surface area contributed by atoms with Crippen LogP contribution in [0.25, 0.3) is 11.1 Å². The number of benzene rings is 1. The Morgan fingerprint density at radius 2 is 1.85 bits per heavy atom. The second kappa shape index (κ2) is 7.35. The van der Waals surface area contributed by atoms with Gasteiger partial charge in [-0.25, -0.2) is 0 Å². The van der Waals surface area contributed by atoms with Crippen LogP contribution in [0.1, 0.15) is 34.6 Å². The molecule has 0 saturated heterocycles. The molecule has 1 atom stereocenters. The zero-order valence-corrected chi connectivity index (χ0v) is 15.1. The fraction of sp³-hybridized carbons (Fsp3) is 0.190. The first-order valence-corrected chi connectivity index (χ1v) is 8.44. The van der Waals surface area contributed by atoms with E-state index < -0.39 is 0 Å². The number of rotatable bonds is 4. The van der Waals surface area contributed by atoms with E-state index in [0.717, 1.165) is 22.4 Å². The minimum Gasteiger partial charge on any atom is -0.364 e. The summed E-state index contributed by atoms with van der Waals surface area (Å²) in [4.78, 5) is 33.4. The predicted octanol–water partition coefficient (Wildman–Crippen LogP) is 3.58. The fourth-order valence-corrected chi connectivity index (χ4v) is 2.85. The molecule has 132 valence electrons. The van der Waals surface area contributed by atoms with Crippen molar-refractivity contribution in [3.8, 4) is 11.1 Å². The average Bonchev–Trinajstić information content (AvgIpc) is 2.67. The van der Waals surface area contributed by atoms with Gasteiger partial charge in [-0.2, -0.15) is 0 Å². The van der Waals surface area contributed by atoms with E-state index in [1.165, 1.54) is 12.3 Å². The first-order valence-electron chi connectivity index (χ1n) is 8.44. The number of nitrogens with one attached hydrogen (secondary N) is 1. The van der Waals surface area contributed by atoms with Crippen molar-refractivity contribution in [1.29, 1.82) is 0 Å². The number of hydrogen-bond acceptors (Lipinski definition) is 3. The first kappa shape index (κ1) is 17.6. The molecule has 1 N–H and O–H groups in total. The molecule has 0 aliphatic heterocycles. The van der Waals surface area contributed by atoms with E-state index in [-0.39, 0.29) is 22.9 Å². The van der Waals surface area contributed by atoms with Gasteiger partial charge in [0.1, 0.15) is 5.56 Å². The lowest BCUT2D eigenvalue weighted by Crippen LogP contribution is -2.33. The van der Waals surface area contributed by atoms with E-state index in [1.54, 1.807) is 31.3 Å². The molecular weight excluding hydrogens is 326 g/mol. The van der Waals surface area contributed by atoms with Crippen molar-refractivity contribution >= 4 is 5.91 Å². The molecule has 2 heterocycles. The molecule has 0 fully saturated rings. The zero-order chi connectivity index (χ0) is 18.7. The number of aryl methyl sites for hydroxylation is 1. The molecule has 1 amide bonds. The second-order valence-electron chi connectivity index (χ2n) is 6.35. The minimum atomic E-state index is -0.298. The van der Waals surface area contributed by atoms with E-state index >= 15 is 0 Å². The number of aromatic amines is 1. The van der Waals surface area contributed by atoms with Crippen LogP contribution >= 0.6 is 0 Å². The standard InChI is InChI=1S/C21H21N3O2/c1-14-11-20(25)19(13-23-14)21(26)24(3)15(2)17-5-4-6-18(12-17)16-7-9-22-10-8-16/h4-13,15H,1-3H3,(H,23,25)/t15-/m0/s1. The Labute approximate surface area is 152 Å². The molecule has 0 unspecified atom stereocenters. The van der Waals surface area contributed by atoms with Crippen molar-refractivity contribution in [2.75, 3.05) is 7.05 Å². The summed E-state index contributed by atoms with van der Waals surface area (Å²) in [5.41, 5.74) is 3.74. The highest BCUT2D eigenvalue weighted by molar-refractivity contribution is 5.94. The molecule has 0 aliphatic carbocycles. The zero-order valence-electron chi connectivity index (χ0n) is 15.1. The van der Waals surface area contributed by atoms with Crippen LogP contribution in [0.5, 0.6) is 0 Å². The number of carbonyl (C=O) groups is 1. The Morgan fingerprint density at radius 1 is 1.12 bits per heavy atom. The summed E-state index contributed by atoms with van der Waals surface area (Å²) in [7, 11) is 1.71. The summed E-state index contributed by atoms with van der Waals surface area (Å²) in [6, 6.07) is 13.2. The maximum absolute atomic E-state index is 12.7. The van der Waals surface area contributed by atoms with Gasteiger partial charge in [0.25, 0.3) is 5.91 Å². The van der Waals surface area contributed by atoms with Crippen LogP contribution in [0.4, 0.5) is 0 Å². The quantitative estimate of drug-likeness (QED) is 0.784. The number of H-pyrrole nitrogens is 1. The van der Waals surface area contributed by atoms with Crippen molar-refractivity contribution in [3.05, 3.63) is 88.1 Å². The molecule has 3 aromatic rings. The second-order valence-corrected chi connectivity index (χ2v) is 6.35. The van der Waals surface area contributed by atoms with Gasteiger partial charge in [-0.3, -0.25) is 14.6 Å². The molecule has 1 aromatic carbocycles. The van der Waals surface area contributed by atoms with E-state index in [1.807, 2.05) is 37.3 Å². The molecule has 3 rings (SSSR count). The highest BCUT2D eigenvalue weighted by Gasteiger charge is 2.21. The molecule has 2 aromatic heterocycles. The number of nitrogens with zero attached hydrogens (tertiary/aromatic N) is 2. The summed E-state index contributed by atoms with van der Waals surface area (Å²) in [5, 5.41) is 0. The van der Waals surface area contributed by atoms with E-state index in [2.05, 4.69) is 16.0 Å². The van der Waals surface area contributed by atoms with Crippen LogP contribution in [0.3, 0.4) is 0 Å². The molecule has 0 radical (unpaired) electrons. The molecule has 0 spiro atoms. The Balaban J connectivity index is 1.88. The van der Waals surface area contributed by atoms with Crippen LogP contribution in [-0.4, -0.2) is 27.8 Å². The molecule has 0 aliphatic rings. The smallest absolute Gasteiger partial charge is 0.259 e. The molecule has 26 heavy (non-hydrogen) atoms. The Morgan fingerprint density at radius 3 is 2.54 bits per heavy atom. The van der Waals surface area contributed by atoms with Gasteiger partial charge in [0.15, 0.2) is 5.43 Å². The lowest BCUT2D eigenvalue weighted by Gasteiger charge is -2.25. The number of aromatic nitrogens is 2. The van der Waals surface area contributed by atoms with Gasteiger partial charge in [-0.1, -0.05) is 18.2 Å². The number of pyridine rings is 2. The van der Waals surface area contributed by atoms with Gasteiger partial charge >= 0.3 is 0 Å². The van der Waals surface area contributed by atoms with Crippen molar-refractivity contribution in [2.45, 2.75) is 19.9 Å². The Kier molecular flexibility index (Phi) is 4.98. The maximum Gasteiger partial charge on any atom is 0.259 e. The lowest BCUT2D eigenvalue weighted by atomic mass is 10.00. The molecule has 0 saturated carbocycles. The van der Waals surface area contributed by atoms with Crippen molar-refractivity contribution < 1.29 is 4.79 Å². The summed E-state index contributed by atoms with van der Waals surface area (Å²) >= 11 is 0. The first-order chi connectivity index (χ1) is 12.5. The number of hydrogen-bond donors (Lipinski definition) is 1. The minimum absolute atomic E-state index is 0.148. The van der Waals surface area contributed by atoms with Gasteiger partial charge in [0, 0.05) is 37.4 Å². The number of carbonyl (C=O) groups excluding carboxylic acids is 1. The summed E-state index contributed by atoms with van der Waals surface area (Å²) in [6.07, 6.45) is 4.99. The predicted molar refractivity (Wildman–Crippen MR) is 102 cm³/mol. The highest BCUT2D eigenvalue weighted by atomic mass is 16.2. The van der Waals surface area contributed by atoms with Crippen LogP contribution in [-0.2, 0) is 0 Å². The fourth-order valence-electron chi connectivity index (χ4n) is 2.85.